The Labute approximate surface area is 91.9 Å². The number of thioether (sulfide) groups is 1. The van der Waals surface area contributed by atoms with Crippen LogP contribution in [-0.4, -0.2) is 32.7 Å². The lowest BCUT2D eigenvalue weighted by Gasteiger charge is -2.26. The van der Waals surface area contributed by atoms with Crippen molar-refractivity contribution in [1.29, 1.82) is 0 Å². The summed E-state index contributed by atoms with van der Waals surface area (Å²) in [5.41, 5.74) is 0.897. The molecular weight excluding hydrogens is 214 g/mol. The lowest BCUT2D eigenvalue weighted by atomic mass is 10.2. The van der Waals surface area contributed by atoms with Crippen LogP contribution < -0.4 is 5.32 Å². The SMILES string of the molecule is Cn1ccc(C2NC(C(=O)O)CCS2)n1. The maximum Gasteiger partial charge on any atom is 0.320 e. The van der Waals surface area contributed by atoms with Crippen LogP contribution in [0.2, 0.25) is 0 Å². The second-order valence-corrected chi connectivity index (χ2v) is 4.72. The first-order chi connectivity index (χ1) is 7.16. The summed E-state index contributed by atoms with van der Waals surface area (Å²) in [5.74, 6) is 0.0711. The van der Waals surface area contributed by atoms with Crippen molar-refractivity contribution < 1.29 is 9.90 Å². The van der Waals surface area contributed by atoms with E-state index in [9.17, 15) is 4.79 Å². The highest BCUT2D eigenvalue weighted by Gasteiger charge is 2.28. The maximum atomic E-state index is 10.8. The van der Waals surface area contributed by atoms with Crippen molar-refractivity contribution in [3.8, 4) is 0 Å². The van der Waals surface area contributed by atoms with Crippen LogP contribution in [0.3, 0.4) is 0 Å². The predicted molar refractivity (Wildman–Crippen MR) is 57.6 cm³/mol. The molecule has 82 valence electrons. The molecule has 2 heterocycles. The van der Waals surface area contributed by atoms with E-state index in [1.54, 1.807) is 16.4 Å². The van der Waals surface area contributed by atoms with E-state index in [2.05, 4.69) is 10.4 Å². The average molecular weight is 227 g/mol. The van der Waals surface area contributed by atoms with Gasteiger partial charge in [-0.1, -0.05) is 0 Å². The second-order valence-electron chi connectivity index (χ2n) is 3.51. The monoisotopic (exact) mass is 227 g/mol. The third kappa shape index (κ3) is 2.32. The molecule has 2 N–H and O–H groups in total. The van der Waals surface area contributed by atoms with Crippen molar-refractivity contribution in [3.05, 3.63) is 18.0 Å². The highest BCUT2D eigenvalue weighted by molar-refractivity contribution is 7.99. The number of nitrogens with one attached hydrogen (secondary N) is 1. The molecule has 6 heteroatoms. The number of aryl methyl sites for hydroxylation is 1. The molecule has 2 unspecified atom stereocenters. The molecule has 0 spiro atoms. The highest BCUT2D eigenvalue weighted by Crippen LogP contribution is 2.30. The summed E-state index contributed by atoms with van der Waals surface area (Å²) in [6.45, 7) is 0. The molecule has 1 saturated heterocycles. The van der Waals surface area contributed by atoms with Gasteiger partial charge in [0.15, 0.2) is 0 Å². The zero-order valence-electron chi connectivity index (χ0n) is 8.38. The van der Waals surface area contributed by atoms with E-state index in [0.29, 0.717) is 6.42 Å². The second kappa shape index (κ2) is 4.24. The molecule has 0 amide bonds. The molecule has 2 rings (SSSR count). The number of aliphatic carboxylic acids is 1. The molecule has 0 bridgehead atoms. The Balaban J connectivity index is 2.07. The van der Waals surface area contributed by atoms with Crippen LogP contribution in [0, 0.1) is 0 Å². The lowest BCUT2D eigenvalue weighted by molar-refractivity contribution is -0.139. The van der Waals surface area contributed by atoms with E-state index in [4.69, 9.17) is 5.11 Å². The number of aromatic nitrogens is 2. The van der Waals surface area contributed by atoms with E-state index in [1.807, 2.05) is 19.3 Å². The first-order valence-electron chi connectivity index (χ1n) is 4.77. The zero-order valence-corrected chi connectivity index (χ0v) is 9.20. The fourth-order valence-corrected chi connectivity index (χ4v) is 2.72. The van der Waals surface area contributed by atoms with Crippen LogP contribution in [0.25, 0.3) is 0 Å². The fourth-order valence-electron chi connectivity index (χ4n) is 1.56. The molecule has 5 nitrogen and oxygen atoms in total. The summed E-state index contributed by atoms with van der Waals surface area (Å²) in [4.78, 5) is 10.8. The maximum absolute atomic E-state index is 10.8. The minimum atomic E-state index is -0.781. The Kier molecular flexibility index (Phi) is 2.97. The van der Waals surface area contributed by atoms with E-state index >= 15 is 0 Å². The number of rotatable bonds is 2. The minimum absolute atomic E-state index is 0.000972. The van der Waals surface area contributed by atoms with Gasteiger partial charge in [0, 0.05) is 13.2 Å². The standard InChI is InChI=1S/C9H13N3O2S/c1-12-4-2-6(11-12)8-10-7(9(13)14)3-5-15-8/h2,4,7-8,10H,3,5H2,1H3,(H,13,14). The molecule has 0 aromatic carbocycles. The molecule has 1 aliphatic heterocycles. The highest BCUT2D eigenvalue weighted by atomic mass is 32.2. The summed E-state index contributed by atoms with van der Waals surface area (Å²) in [7, 11) is 1.85. The first kappa shape index (κ1) is 10.5. The normalized spacial score (nSPS) is 26.5. The van der Waals surface area contributed by atoms with Crippen LogP contribution >= 0.6 is 11.8 Å². The molecule has 1 aromatic heterocycles. The van der Waals surface area contributed by atoms with E-state index in [1.165, 1.54) is 0 Å². The Morgan fingerprint density at radius 3 is 3.20 bits per heavy atom. The summed E-state index contributed by atoms with van der Waals surface area (Å²) in [6.07, 6.45) is 2.53. The Bertz CT molecular complexity index is 366. The van der Waals surface area contributed by atoms with Gasteiger partial charge in [0.25, 0.3) is 0 Å². The van der Waals surface area contributed by atoms with Crippen LogP contribution in [0.1, 0.15) is 17.5 Å². The van der Waals surface area contributed by atoms with Crippen molar-refractivity contribution >= 4 is 17.7 Å². The van der Waals surface area contributed by atoms with Gasteiger partial charge in [-0.05, 0) is 18.2 Å². The van der Waals surface area contributed by atoms with Crippen molar-refractivity contribution in [3.63, 3.8) is 0 Å². The molecule has 15 heavy (non-hydrogen) atoms. The smallest absolute Gasteiger partial charge is 0.320 e. The van der Waals surface area contributed by atoms with Crippen molar-refractivity contribution in [1.82, 2.24) is 15.1 Å². The van der Waals surface area contributed by atoms with Crippen molar-refractivity contribution in [2.75, 3.05) is 5.75 Å². The van der Waals surface area contributed by atoms with Gasteiger partial charge in [-0.15, -0.1) is 11.8 Å². The molecule has 0 radical (unpaired) electrons. The van der Waals surface area contributed by atoms with Gasteiger partial charge < -0.3 is 5.11 Å². The minimum Gasteiger partial charge on any atom is -0.480 e. The Morgan fingerprint density at radius 1 is 1.80 bits per heavy atom. The number of hydrogen-bond donors (Lipinski definition) is 2. The molecule has 0 aliphatic carbocycles. The first-order valence-corrected chi connectivity index (χ1v) is 5.81. The van der Waals surface area contributed by atoms with Crippen molar-refractivity contribution in [2.45, 2.75) is 17.8 Å². The van der Waals surface area contributed by atoms with Gasteiger partial charge in [-0.25, -0.2) is 0 Å². The molecule has 2 atom stereocenters. The summed E-state index contributed by atoms with van der Waals surface area (Å²) in [6, 6.07) is 1.47. The van der Waals surface area contributed by atoms with Gasteiger partial charge in [-0.3, -0.25) is 14.8 Å². The van der Waals surface area contributed by atoms with Crippen molar-refractivity contribution in [2.24, 2.45) is 7.05 Å². The lowest BCUT2D eigenvalue weighted by Crippen LogP contribution is -2.41. The number of hydrogen-bond acceptors (Lipinski definition) is 4. The van der Waals surface area contributed by atoms with Gasteiger partial charge >= 0.3 is 5.97 Å². The molecule has 0 saturated carbocycles. The van der Waals surface area contributed by atoms with Gasteiger partial charge in [0.05, 0.1) is 11.1 Å². The predicted octanol–water partition coefficient (Wildman–Crippen LogP) is 0.598. The molecular formula is C9H13N3O2S. The Morgan fingerprint density at radius 2 is 2.60 bits per heavy atom. The molecule has 1 aromatic rings. The zero-order chi connectivity index (χ0) is 10.8. The topological polar surface area (TPSA) is 67.2 Å². The van der Waals surface area contributed by atoms with E-state index in [-0.39, 0.29) is 5.37 Å². The third-order valence-corrected chi connectivity index (χ3v) is 3.53. The number of nitrogens with zero attached hydrogens (tertiary/aromatic N) is 2. The largest absolute Gasteiger partial charge is 0.480 e. The van der Waals surface area contributed by atoms with Crippen LogP contribution in [0.5, 0.6) is 0 Å². The van der Waals surface area contributed by atoms with Crippen LogP contribution in [0.15, 0.2) is 12.3 Å². The summed E-state index contributed by atoms with van der Waals surface area (Å²) in [5, 5.41) is 16.3. The quantitative estimate of drug-likeness (QED) is 0.774. The Hall–Kier alpha value is -1.01. The summed E-state index contributed by atoms with van der Waals surface area (Å²) < 4.78 is 1.72. The van der Waals surface area contributed by atoms with Gasteiger partial charge in [0.1, 0.15) is 6.04 Å². The number of carboxylic acids is 1. The third-order valence-electron chi connectivity index (χ3n) is 2.34. The van der Waals surface area contributed by atoms with Crippen LogP contribution in [-0.2, 0) is 11.8 Å². The molecule has 1 aliphatic rings. The van der Waals surface area contributed by atoms with Gasteiger partial charge in [0.2, 0.25) is 0 Å². The van der Waals surface area contributed by atoms with Gasteiger partial charge in [-0.2, -0.15) is 5.10 Å². The summed E-state index contributed by atoms with van der Waals surface area (Å²) >= 11 is 1.70. The fraction of sp³-hybridized carbons (Fsp3) is 0.556. The average Bonchev–Trinajstić information content (AvgIpc) is 2.65. The number of carbonyl (C=O) groups is 1. The van der Waals surface area contributed by atoms with E-state index in [0.717, 1.165) is 11.4 Å². The number of carboxylic acid groups (broad SMARTS) is 1. The molecule has 1 fully saturated rings. The van der Waals surface area contributed by atoms with Crippen LogP contribution in [0.4, 0.5) is 0 Å². The van der Waals surface area contributed by atoms with E-state index < -0.39 is 12.0 Å².